The van der Waals surface area contributed by atoms with Gasteiger partial charge in [0.2, 0.25) is 23.6 Å². The lowest BCUT2D eigenvalue weighted by molar-refractivity contribution is -0.142. The number of carboxylic acids is 2. The van der Waals surface area contributed by atoms with Gasteiger partial charge in [-0.15, -0.1) is 0 Å². The molecular weight excluding hydrogens is 786 g/mol. The highest BCUT2D eigenvalue weighted by molar-refractivity contribution is 5.87. The van der Waals surface area contributed by atoms with Gasteiger partial charge >= 0.3 is 11.9 Å². The number of nitrogens with two attached hydrogens (primary N) is 1. The molecule has 2 atom stereocenters. The first kappa shape index (κ1) is 53.3. The number of hydrogen-bond donors (Lipinski definition) is 7. The predicted octanol–water partition coefficient (Wildman–Crippen LogP) is 1.74. The fourth-order valence-electron chi connectivity index (χ4n) is 5.42. The van der Waals surface area contributed by atoms with Crippen molar-refractivity contribution in [1.29, 1.82) is 0 Å². The second-order valence-electron chi connectivity index (χ2n) is 13.9. The number of aromatic carboxylic acids is 1. The summed E-state index contributed by atoms with van der Waals surface area (Å²) in [6.07, 6.45) is 10.4. The van der Waals surface area contributed by atoms with E-state index in [1.54, 1.807) is 12.1 Å². The first-order chi connectivity index (χ1) is 29.0. The summed E-state index contributed by atoms with van der Waals surface area (Å²) in [5.74, 6) is -2.82. The zero-order valence-corrected chi connectivity index (χ0v) is 34.8. The molecule has 0 unspecified atom stereocenters. The molecule has 0 aliphatic carbocycles. The van der Waals surface area contributed by atoms with E-state index >= 15 is 0 Å². The van der Waals surface area contributed by atoms with Gasteiger partial charge in [0, 0.05) is 32.5 Å². The zero-order valence-electron chi connectivity index (χ0n) is 34.8. The van der Waals surface area contributed by atoms with Gasteiger partial charge in [-0.3, -0.25) is 19.2 Å². The van der Waals surface area contributed by atoms with Crippen molar-refractivity contribution in [2.75, 3.05) is 79.1 Å². The number of unbranched alkanes of at least 4 members (excludes halogenated alkanes) is 8. The van der Waals surface area contributed by atoms with Crippen molar-refractivity contribution in [3.05, 3.63) is 29.8 Å². The summed E-state index contributed by atoms with van der Waals surface area (Å²) in [5.41, 5.74) is 5.73. The number of carboxylic acid groups (broad SMARTS) is 2. The molecule has 0 fully saturated rings. The minimum Gasteiger partial charge on any atom is -0.494 e. The smallest absolute Gasteiger partial charge is 0.335 e. The highest BCUT2D eigenvalue weighted by Gasteiger charge is 2.21. The Morgan fingerprint density at radius 3 is 1.67 bits per heavy atom. The summed E-state index contributed by atoms with van der Waals surface area (Å²) in [7, 11) is 0. The summed E-state index contributed by atoms with van der Waals surface area (Å²) >= 11 is 0. The van der Waals surface area contributed by atoms with Crippen LogP contribution in [0, 0.1) is 0 Å². The van der Waals surface area contributed by atoms with E-state index in [0.29, 0.717) is 38.0 Å². The van der Waals surface area contributed by atoms with E-state index in [9.17, 15) is 38.7 Å². The Kier molecular flexibility index (Phi) is 32.2. The Bertz CT molecular complexity index is 1370. The molecule has 1 aromatic rings. The second-order valence-corrected chi connectivity index (χ2v) is 13.9. The number of aliphatic carboxylic acids is 1. The molecule has 19 nitrogen and oxygen atoms in total. The van der Waals surface area contributed by atoms with Crippen molar-refractivity contribution in [1.82, 2.24) is 21.3 Å². The van der Waals surface area contributed by atoms with Crippen LogP contribution in [0.3, 0.4) is 0 Å². The third-order valence-electron chi connectivity index (χ3n) is 8.77. The number of aldehydes is 1. The first-order valence-corrected chi connectivity index (χ1v) is 20.8. The topological polar surface area (TPSA) is 280 Å². The van der Waals surface area contributed by atoms with E-state index in [4.69, 9.17) is 34.5 Å². The number of nitrogens with one attached hydrogen (secondary N) is 4. The molecule has 0 aliphatic heterocycles. The molecule has 0 radical (unpaired) electrons. The van der Waals surface area contributed by atoms with Crippen molar-refractivity contribution in [2.24, 2.45) is 5.73 Å². The van der Waals surface area contributed by atoms with Gasteiger partial charge in [-0.2, -0.15) is 0 Å². The van der Waals surface area contributed by atoms with Gasteiger partial charge in [0.25, 0.3) is 0 Å². The Morgan fingerprint density at radius 2 is 1.10 bits per heavy atom. The van der Waals surface area contributed by atoms with E-state index in [1.165, 1.54) is 12.1 Å². The summed E-state index contributed by atoms with van der Waals surface area (Å²) in [6.45, 7) is 2.53. The lowest BCUT2D eigenvalue weighted by Gasteiger charge is -2.14. The molecule has 60 heavy (non-hydrogen) atoms. The van der Waals surface area contributed by atoms with Crippen LogP contribution < -0.4 is 31.7 Å². The molecule has 8 N–H and O–H groups in total. The third-order valence-corrected chi connectivity index (χ3v) is 8.77. The van der Waals surface area contributed by atoms with Crippen molar-refractivity contribution < 1.29 is 67.5 Å². The van der Waals surface area contributed by atoms with Gasteiger partial charge in [0.15, 0.2) is 0 Å². The Hall–Kier alpha value is -4.69. The van der Waals surface area contributed by atoms with Crippen LogP contribution in [-0.2, 0) is 47.7 Å². The molecular formula is C41H67N5O14. The van der Waals surface area contributed by atoms with E-state index < -0.39 is 24.0 Å². The van der Waals surface area contributed by atoms with Crippen molar-refractivity contribution in [3.8, 4) is 5.75 Å². The number of carbonyl (C=O) groups is 7. The van der Waals surface area contributed by atoms with E-state index in [1.807, 2.05) is 0 Å². The average Bonchev–Trinajstić information content (AvgIpc) is 3.23. The zero-order chi connectivity index (χ0) is 44.1. The average molecular weight is 854 g/mol. The van der Waals surface area contributed by atoms with Crippen LogP contribution in [0.25, 0.3) is 0 Å². The van der Waals surface area contributed by atoms with Crippen molar-refractivity contribution in [3.63, 3.8) is 0 Å². The maximum Gasteiger partial charge on any atom is 0.335 e. The number of benzene rings is 1. The number of hydrogen-bond acceptors (Lipinski definition) is 13. The minimum atomic E-state index is -1.20. The fraction of sp³-hybridized carbons (Fsp3) is 0.683. The molecule has 0 bridgehead atoms. The molecule has 1 aromatic carbocycles. The van der Waals surface area contributed by atoms with E-state index in [0.717, 1.165) is 57.8 Å². The van der Waals surface area contributed by atoms with E-state index in [-0.39, 0.29) is 114 Å². The summed E-state index contributed by atoms with van der Waals surface area (Å²) < 4.78 is 26.9. The van der Waals surface area contributed by atoms with Gasteiger partial charge in [0.05, 0.1) is 57.9 Å². The maximum absolute atomic E-state index is 12.3. The van der Waals surface area contributed by atoms with Gasteiger partial charge in [-0.05, 0) is 62.8 Å². The molecule has 340 valence electrons. The fourth-order valence-corrected chi connectivity index (χ4v) is 5.42. The van der Waals surface area contributed by atoms with Crippen molar-refractivity contribution >= 4 is 41.9 Å². The predicted molar refractivity (Wildman–Crippen MR) is 219 cm³/mol. The normalized spacial score (nSPS) is 11.9. The molecule has 4 amide bonds. The number of amides is 4. The SMILES string of the molecule is N[C@H](C=O)CCCCNC(=O)COCCOCCNC(=O)COCCOCCNC(=O)CC[C@H](NC(=O)CCCCCCCCCCOc1ccc(C(=O)O)cc1)C(=O)O. The van der Waals surface area contributed by atoms with Gasteiger partial charge in [0.1, 0.15) is 31.3 Å². The molecule has 0 saturated heterocycles. The highest BCUT2D eigenvalue weighted by atomic mass is 16.5. The molecule has 19 heteroatoms. The molecule has 0 heterocycles. The number of ether oxygens (including phenoxy) is 5. The van der Waals surface area contributed by atoms with Crippen LogP contribution >= 0.6 is 0 Å². The van der Waals surface area contributed by atoms with Gasteiger partial charge < -0.3 is 65.7 Å². The largest absolute Gasteiger partial charge is 0.494 e. The summed E-state index contributed by atoms with van der Waals surface area (Å²) in [5, 5.41) is 29.0. The molecule has 1 rings (SSSR count). The maximum atomic E-state index is 12.3. The third kappa shape index (κ3) is 31.3. The molecule has 0 aliphatic rings. The lowest BCUT2D eigenvalue weighted by atomic mass is 10.1. The number of carbonyl (C=O) groups excluding carboxylic acids is 5. The Labute approximate surface area is 352 Å². The summed E-state index contributed by atoms with van der Waals surface area (Å²) in [6, 6.07) is 4.71. The standard InChI is InChI=1S/C41H67N5O14/c42-33(29-47)11-8-9-19-43-38(50)30-58-27-26-57-24-21-45-39(51)31-59-28-25-56-23-20-44-36(48)18-17-35(41(54)55)46-37(49)12-7-5-3-1-2-4-6-10-22-60-34-15-13-32(14-16-34)40(52)53/h13-16,29,33,35H,1-12,17-28,30-31,42H2,(H,43,50)(H,44,48)(H,45,51)(H,46,49)(H,52,53)(H,54,55)/t33-,35-/m0/s1. The Balaban J connectivity index is 1.92. The molecule has 0 saturated carbocycles. The van der Waals surface area contributed by atoms with Crippen LogP contribution in [-0.4, -0.2) is 143 Å². The van der Waals surface area contributed by atoms with Crippen LogP contribution in [0.2, 0.25) is 0 Å². The van der Waals surface area contributed by atoms with Crippen LogP contribution in [0.4, 0.5) is 0 Å². The van der Waals surface area contributed by atoms with Gasteiger partial charge in [-0.1, -0.05) is 38.5 Å². The molecule has 0 spiro atoms. The highest BCUT2D eigenvalue weighted by Crippen LogP contribution is 2.14. The second kappa shape index (κ2) is 36.2. The van der Waals surface area contributed by atoms with Gasteiger partial charge in [-0.25, -0.2) is 9.59 Å². The number of rotatable bonds is 40. The van der Waals surface area contributed by atoms with Crippen LogP contribution in [0.1, 0.15) is 100 Å². The minimum absolute atomic E-state index is 0.0455. The van der Waals surface area contributed by atoms with E-state index in [2.05, 4.69) is 21.3 Å². The quantitative estimate of drug-likeness (QED) is 0.0366. The monoisotopic (exact) mass is 853 g/mol. The van der Waals surface area contributed by atoms with Crippen LogP contribution in [0.15, 0.2) is 24.3 Å². The summed E-state index contributed by atoms with van der Waals surface area (Å²) in [4.78, 5) is 81.1. The lowest BCUT2D eigenvalue weighted by Crippen LogP contribution is -2.41. The van der Waals surface area contributed by atoms with Crippen LogP contribution in [0.5, 0.6) is 5.75 Å². The first-order valence-electron chi connectivity index (χ1n) is 20.8. The Morgan fingerprint density at radius 1 is 0.567 bits per heavy atom. The van der Waals surface area contributed by atoms with Crippen molar-refractivity contribution in [2.45, 2.75) is 102 Å². The molecule has 0 aromatic heterocycles.